The number of hydrogen-bond acceptors (Lipinski definition) is 3. The maximum absolute atomic E-state index is 14.0. The van der Waals surface area contributed by atoms with Gasteiger partial charge in [0.05, 0.1) is 6.34 Å². The van der Waals surface area contributed by atoms with Gasteiger partial charge in [0.2, 0.25) is 5.92 Å². The first-order valence-corrected chi connectivity index (χ1v) is 10.5. The zero-order valence-electron chi connectivity index (χ0n) is 16.6. The Bertz CT molecular complexity index is 744. The maximum atomic E-state index is 14.0. The average molecular weight is 405 g/mol. The van der Waals surface area contributed by atoms with Crippen LogP contribution in [0, 0.1) is 23.2 Å². The third-order valence-electron chi connectivity index (χ3n) is 7.15. The SMILES string of the molecule is N=CN1C[C@H]2CCN(C(=O)[C@](O)(c3ccccc3)[C@@H]3CCC(F)(F)C3)CC[C@H]2C1. The van der Waals surface area contributed by atoms with Crippen LogP contribution in [0.15, 0.2) is 30.3 Å². The lowest BCUT2D eigenvalue weighted by Crippen LogP contribution is -2.51. The lowest BCUT2D eigenvalue weighted by Gasteiger charge is -2.37. The van der Waals surface area contributed by atoms with E-state index in [-0.39, 0.29) is 12.8 Å². The standard InChI is InChI=1S/C22H29F2N3O2/c23-21(24)9-6-19(12-21)22(29,18-4-2-1-3-5-18)20(28)27-10-7-16-13-26(15-25)14-17(16)8-11-27/h1-5,15-17,19,25,29H,6-14H2/t16-,17+,19-,22+/m1/s1. The smallest absolute Gasteiger partial charge is 0.259 e. The molecular weight excluding hydrogens is 376 g/mol. The second-order valence-electron chi connectivity index (χ2n) is 8.90. The third kappa shape index (κ3) is 3.77. The quantitative estimate of drug-likeness (QED) is 0.598. The normalized spacial score (nSPS) is 31.1. The number of benzene rings is 1. The first-order valence-electron chi connectivity index (χ1n) is 10.5. The highest BCUT2D eigenvalue weighted by Crippen LogP contribution is 2.48. The highest BCUT2D eigenvalue weighted by atomic mass is 19.3. The van der Waals surface area contributed by atoms with Crippen LogP contribution in [0.3, 0.4) is 0 Å². The molecule has 4 rings (SSSR count). The molecule has 1 aliphatic carbocycles. The van der Waals surface area contributed by atoms with Gasteiger partial charge in [-0.25, -0.2) is 8.78 Å². The Labute approximate surface area is 170 Å². The summed E-state index contributed by atoms with van der Waals surface area (Å²) in [4.78, 5) is 17.3. The Morgan fingerprint density at radius 3 is 2.28 bits per heavy atom. The molecule has 4 atom stereocenters. The van der Waals surface area contributed by atoms with Crippen LogP contribution >= 0.6 is 0 Å². The molecule has 158 valence electrons. The number of carbonyl (C=O) groups excluding carboxylic acids is 1. The van der Waals surface area contributed by atoms with E-state index in [1.54, 1.807) is 35.2 Å². The Balaban J connectivity index is 1.57. The fourth-order valence-electron chi connectivity index (χ4n) is 5.47. The zero-order valence-corrected chi connectivity index (χ0v) is 16.6. The molecule has 5 nitrogen and oxygen atoms in total. The summed E-state index contributed by atoms with van der Waals surface area (Å²) in [7, 11) is 0. The second-order valence-corrected chi connectivity index (χ2v) is 8.90. The summed E-state index contributed by atoms with van der Waals surface area (Å²) in [5.41, 5.74) is -1.51. The van der Waals surface area contributed by atoms with E-state index >= 15 is 0 Å². The lowest BCUT2D eigenvalue weighted by molar-refractivity contribution is -0.160. The van der Waals surface area contributed by atoms with Gasteiger partial charge in [-0.3, -0.25) is 10.2 Å². The third-order valence-corrected chi connectivity index (χ3v) is 7.15. The summed E-state index contributed by atoms with van der Waals surface area (Å²) in [6.07, 6.45) is 2.39. The van der Waals surface area contributed by atoms with Crippen molar-refractivity contribution >= 4 is 12.2 Å². The molecule has 2 aliphatic heterocycles. The molecule has 2 saturated heterocycles. The molecule has 29 heavy (non-hydrogen) atoms. The number of alkyl halides is 2. The van der Waals surface area contributed by atoms with Gasteiger partial charge < -0.3 is 14.9 Å². The van der Waals surface area contributed by atoms with Gasteiger partial charge in [-0.05, 0) is 36.7 Å². The minimum Gasteiger partial charge on any atom is -0.375 e. The number of carbonyl (C=O) groups is 1. The van der Waals surface area contributed by atoms with Crippen LogP contribution in [-0.4, -0.2) is 59.3 Å². The van der Waals surface area contributed by atoms with E-state index in [0.29, 0.717) is 30.5 Å². The lowest BCUT2D eigenvalue weighted by atomic mass is 9.78. The first kappa shape index (κ1) is 20.3. The van der Waals surface area contributed by atoms with Crippen LogP contribution in [0.5, 0.6) is 0 Å². The van der Waals surface area contributed by atoms with Gasteiger partial charge in [0.15, 0.2) is 5.60 Å². The van der Waals surface area contributed by atoms with Crippen LogP contribution in [0.2, 0.25) is 0 Å². The maximum Gasteiger partial charge on any atom is 0.259 e. The molecule has 0 spiro atoms. The van der Waals surface area contributed by atoms with Crippen molar-refractivity contribution in [3.8, 4) is 0 Å². The number of halogens is 2. The van der Waals surface area contributed by atoms with Gasteiger partial charge >= 0.3 is 0 Å². The zero-order chi connectivity index (χ0) is 20.6. The van der Waals surface area contributed by atoms with Gasteiger partial charge in [-0.1, -0.05) is 30.3 Å². The van der Waals surface area contributed by atoms with Crippen molar-refractivity contribution in [3.05, 3.63) is 35.9 Å². The van der Waals surface area contributed by atoms with Gasteiger partial charge in [-0.15, -0.1) is 0 Å². The van der Waals surface area contributed by atoms with Crippen molar-refractivity contribution < 1.29 is 18.7 Å². The molecule has 1 aromatic rings. The molecule has 3 aliphatic rings. The number of amides is 1. The van der Waals surface area contributed by atoms with E-state index in [1.807, 2.05) is 4.90 Å². The Hall–Kier alpha value is -2.02. The van der Waals surface area contributed by atoms with Crippen LogP contribution in [0.4, 0.5) is 8.78 Å². The van der Waals surface area contributed by atoms with Gasteiger partial charge in [0, 0.05) is 44.9 Å². The van der Waals surface area contributed by atoms with Crippen LogP contribution in [-0.2, 0) is 10.4 Å². The highest BCUT2D eigenvalue weighted by molar-refractivity contribution is 5.87. The number of hydrogen-bond donors (Lipinski definition) is 2. The molecular formula is C22H29F2N3O2. The predicted molar refractivity (Wildman–Crippen MR) is 106 cm³/mol. The van der Waals surface area contributed by atoms with Crippen molar-refractivity contribution in [2.75, 3.05) is 26.2 Å². The van der Waals surface area contributed by atoms with Gasteiger partial charge in [0.25, 0.3) is 5.91 Å². The highest BCUT2D eigenvalue weighted by Gasteiger charge is 2.54. The Morgan fingerprint density at radius 1 is 1.14 bits per heavy atom. The summed E-state index contributed by atoms with van der Waals surface area (Å²) in [6.45, 7) is 2.69. The molecule has 2 N–H and O–H groups in total. The van der Waals surface area contributed by atoms with E-state index in [4.69, 9.17) is 5.41 Å². The number of nitrogens with zero attached hydrogens (tertiary/aromatic N) is 2. The Morgan fingerprint density at radius 2 is 1.76 bits per heavy atom. The molecule has 1 saturated carbocycles. The monoisotopic (exact) mass is 405 g/mol. The minimum atomic E-state index is -2.83. The van der Waals surface area contributed by atoms with E-state index in [9.17, 15) is 18.7 Å². The van der Waals surface area contributed by atoms with E-state index < -0.39 is 29.8 Å². The predicted octanol–water partition coefficient (Wildman–Crippen LogP) is 3.09. The molecule has 0 unspecified atom stereocenters. The van der Waals surface area contributed by atoms with Gasteiger partial charge in [0.1, 0.15) is 0 Å². The van der Waals surface area contributed by atoms with Crippen molar-refractivity contribution in [2.24, 2.45) is 17.8 Å². The van der Waals surface area contributed by atoms with Crippen LogP contribution in [0.1, 0.15) is 37.7 Å². The first-order chi connectivity index (χ1) is 13.8. The summed E-state index contributed by atoms with van der Waals surface area (Å²) >= 11 is 0. The molecule has 1 amide bonds. The van der Waals surface area contributed by atoms with E-state index in [2.05, 4.69) is 0 Å². The molecule has 0 aromatic heterocycles. The van der Waals surface area contributed by atoms with Crippen molar-refractivity contribution in [1.29, 1.82) is 5.41 Å². The fourth-order valence-corrected chi connectivity index (χ4v) is 5.47. The number of rotatable bonds is 4. The summed E-state index contributed by atoms with van der Waals surface area (Å²) in [5.74, 6) is -3.20. The fraction of sp³-hybridized carbons (Fsp3) is 0.636. The number of likely N-dealkylation sites (tertiary alicyclic amines) is 2. The summed E-state index contributed by atoms with van der Waals surface area (Å²) in [5, 5.41) is 19.1. The molecule has 2 heterocycles. The molecule has 0 radical (unpaired) electrons. The van der Waals surface area contributed by atoms with E-state index in [0.717, 1.165) is 25.9 Å². The largest absolute Gasteiger partial charge is 0.375 e. The molecule has 7 heteroatoms. The van der Waals surface area contributed by atoms with E-state index in [1.165, 1.54) is 6.34 Å². The number of aliphatic hydroxyl groups is 1. The number of nitrogens with one attached hydrogen (secondary N) is 1. The van der Waals surface area contributed by atoms with Crippen LogP contribution in [0.25, 0.3) is 0 Å². The average Bonchev–Trinajstić information content (AvgIpc) is 3.24. The number of fused-ring (bicyclic) bond motifs is 1. The molecule has 1 aromatic carbocycles. The molecule has 3 fully saturated rings. The topological polar surface area (TPSA) is 67.6 Å². The Kier molecular flexibility index (Phi) is 5.36. The summed E-state index contributed by atoms with van der Waals surface area (Å²) < 4.78 is 28.0. The second kappa shape index (κ2) is 7.67. The molecule has 0 bridgehead atoms. The van der Waals surface area contributed by atoms with Crippen molar-refractivity contribution in [2.45, 2.75) is 43.6 Å². The summed E-state index contributed by atoms with van der Waals surface area (Å²) in [6, 6.07) is 8.60. The van der Waals surface area contributed by atoms with Crippen molar-refractivity contribution in [3.63, 3.8) is 0 Å². The van der Waals surface area contributed by atoms with Crippen molar-refractivity contribution in [1.82, 2.24) is 9.80 Å². The minimum absolute atomic E-state index is 0.136. The van der Waals surface area contributed by atoms with Gasteiger partial charge in [-0.2, -0.15) is 0 Å². The van der Waals surface area contributed by atoms with Crippen LogP contribution < -0.4 is 0 Å².